The summed E-state index contributed by atoms with van der Waals surface area (Å²) in [5.74, 6) is -1.65. The minimum Gasteiger partial charge on any atom is -0.369 e. The van der Waals surface area contributed by atoms with Gasteiger partial charge in [-0.05, 0) is 47.5 Å². The highest BCUT2D eigenvalue weighted by Crippen LogP contribution is 2.31. The van der Waals surface area contributed by atoms with Crippen LogP contribution in [0.3, 0.4) is 0 Å². The number of fused-ring (bicyclic) bond motifs is 1. The summed E-state index contributed by atoms with van der Waals surface area (Å²) in [6, 6.07) is 16.5. The molecule has 35 heavy (non-hydrogen) atoms. The molecule has 0 aromatic heterocycles. The van der Waals surface area contributed by atoms with E-state index in [-0.39, 0.29) is 34.9 Å². The van der Waals surface area contributed by atoms with E-state index in [1.807, 2.05) is 0 Å². The van der Waals surface area contributed by atoms with Gasteiger partial charge in [0.25, 0.3) is 17.7 Å². The molecular formula is C24H19ClN6O3S. The van der Waals surface area contributed by atoms with Crippen molar-refractivity contribution >= 4 is 59.8 Å². The van der Waals surface area contributed by atoms with Crippen LogP contribution < -0.4 is 16.8 Å². The summed E-state index contributed by atoms with van der Waals surface area (Å²) in [5.41, 5.74) is 12.7. The molecule has 176 valence electrons. The molecule has 11 heteroatoms. The predicted molar refractivity (Wildman–Crippen MR) is 137 cm³/mol. The molecule has 0 saturated heterocycles. The average Bonchev–Trinajstić information content (AvgIpc) is 3.06. The van der Waals surface area contributed by atoms with E-state index >= 15 is 0 Å². The number of imide groups is 1. The van der Waals surface area contributed by atoms with Gasteiger partial charge in [0.1, 0.15) is 0 Å². The predicted octanol–water partition coefficient (Wildman–Crippen LogP) is 3.28. The van der Waals surface area contributed by atoms with Crippen molar-refractivity contribution < 1.29 is 14.4 Å². The largest absolute Gasteiger partial charge is 0.369 e. The Hall–Kier alpha value is -4.15. The Bertz CT molecular complexity index is 1420. The summed E-state index contributed by atoms with van der Waals surface area (Å²) in [6.07, 6.45) is 1.45. The summed E-state index contributed by atoms with van der Waals surface area (Å²) in [5, 5.41) is 10.4. The minimum atomic E-state index is -0.516. The number of hydrogen-bond acceptors (Lipinski definition) is 6. The number of guanidine groups is 1. The Morgan fingerprint density at radius 3 is 2.60 bits per heavy atom. The van der Waals surface area contributed by atoms with Gasteiger partial charge in [0.2, 0.25) is 5.96 Å². The zero-order chi connectivity index (χ0) is 25.1. The van der Waals surface area contributed by atoms with Gasteiger partial charge in [0.05, 0.1) is 35.1 Å². The van der Waals surface area contributed by atoms with Gasteiger partial charge in [-0.1, -0.05) is 35.9 Å². The summed E-state index contributed by atoms with van der Waals surface area (Å²) < 4.78 is 0. The fourth-order valence-corrected chi connectivity index (χ4v) is 3.99. The number of nitrogens with one attached hydrogen (secondary N) is 1. The van der Waals surface area contributed by atoms with E-state index in [0.717, 1.165) is 4.90 Å². The molecule has 0 saturated carbocycles. The maximum atomic E-state index is 13.2. The fraction of sp³-hybridized carbons (Fsp3) is 0.0417. The molecule has 1 aliphatic rings. The quantitative estimate of drug-likeness (QED) is 0.133. The number of carbonyl (C=O) groups is 3. The molecule has 0 radical (unpaired) electrons. The normalized spacial score (nSPS) is 12.7. The lowest BCUT2D eigenvalue weighted by Crippen LogP contribution is -2.29. The van der Waals surface area contributed by atoms with Crippen LogP contribution in [0.15, 0.2) is 75.8 Å². The lowest BCUT2D eigenvalue weighted by Gasteiger charge is -2.14. The van der Waals surface area contributed by atoms with Crippen LogP contribution in [0.25, 0.3) is 0 Å². The first-order chi connectivity index (χ1) is 16.7. The average molecular weight is 507 g/mol. The lowest BCUT2D eigenvalue weighted by molar-refractivity contribution is 0.0642. The SMILES string of the molecule is NC(N)=NN=Cc1cccc(CN2C(=O)c3cccc(NC(=O)c4cc(Cl)ccc4S)c3C2=O)c1. The summed E-state index contributed by atoms with van der Waals surface area (Å²) in [4.78, 5) is 40.7. The van der Waals surface area contributed by atoms with Gasteiger partial charge in [-0.3, -0.25) is 19.3 Å². The number of halogens is 1. The number of thiol groups is 1. The Morgan fingerprint density at radius 2 is 1.83 bits per heavy atom. The molecule has 0 bridgehead atoms. The maximum Gasteiger partial charge on any atom is 0.263 e. The van der Waals surface area contributed by atoms with Crippen molar-refractivity contribution in [3.05, 3.63) is 93.5 Å². The number of hydrogen-bond donors (Lipinski definition) is 4. The van der Waals surface area contributed by atoms with Crippen molar-refractivity contribution in [3.8, 4) is 0 Å². The molecule has 9 nitrogen and oxygen atoms in total. The van der Waals surface area contributed by atoms with E-state index in [1.165, 1.54) is 12.3 Å². The Morgan fingerprint density at radius 1 is 1.06 bits per heavy atom. The highest BCUT2D eigenvalue weighted by atomic mass is 35.5. The van der Waals surface area contributed by atoms with E-state index in [0.29, 0.717) is 21.0 Å². The van der Waals surface area contributed by atoms with Gasteiger partial charge in [0, 0.05) is 9.92 Å². The van der Waals surface area contributed by atoms with Crippen molar-refractivity contribution in [2.45, 2.75) is 11.4 Å². The number of benzene rings is 3. The molecule has 4 rings (SSSR count). The third-order valence-electron chi connectivity index (χ3n) is 5.12. The third kappa shape index (κ3) is 5.18. The minimum absolute atomic E-state index is 0.0266. The monoisotopic (exact) mass is 506 g/mol. The van der Waals surface area contributed by atoms with E-state index < -0.39 is 17.7 Å². The van der Waals surface area contributed by atoms with Gasteiger partial charge in [-0.25, -0.2) is 0 Å². The molecule has 0 unspecified atom stereocenters. The van der Waals surface area contributed by atoms with Gasteiger partial charge in [-0.15, -0.1) is 17.7 Å². The molecule has 1 heterocycles. The molecular weight excluding hydrogens is 488 g/mol. The maximum absolute atomic E-state index is 13.2. The van der Waals surface area contributed by atoms with Gasteiger partial charge >= 0.3 is 0 Å². The Balaban J connectivity index is 1.58. The van der Waals surface area contributed by atoms with Gasteiger partial charge < -0.3 is 16.8 Å². The molecule has 0 atom stereocenters. The second kappa shape index (κ2) is 10.00. The lowest BCUT2D eigenvalue weighted by atomic mass is 10.1. The Labute approximate surface area is 210 Å². The topological polar surface area (TPSA) is 143 Å². The van der Waals surface area contributed by atoms with E-state index in [1.54, 1.807) is 54.6 Å². The van der Waals surface area contributed by atoms with Crippen LogP contribution in [0.5, 0.6) is 0 Å². The number of nitrogens with zero attached hydrogens (tertiary/aromatic N) is 3. The highest BCUT2D eigenvalue weighted by molar-refractivity contribution is 7.80. The summed E-state index contributed by atoms with van der Waals surface area (Å²) in [7, 11) is 0. The first kappa shape index (κ1) is 24.0. The van der Waals surface area contributed by atoms with Gasteiger partial charge in [-0.2, -0.15) is 5.10 Å². The van der Waals surface area contributed by atoms with Crippen LogP contribution in [0, 0.1) is 0 Å². The number of anilines is 1. The van der Waals surface area contributed by atoms with Crippen LogP contribution in [0.1, 0.15) is 42.2 Å². The molecule has 0 aliphatic carbocycles. The van der Waals surface area contributed by atoms with Crippen molar-refractivity contribution in [2.24, 2.45) is 21.7 Å². The molecule has 3 aromatic rings. The smallest absolute Gasteiger partial charge is 0.263 e. The number of amides is 3. The third-order valence-corrected chi connectivity index (χ3v) is 5.75. The number of carbonyl (C=O) groups excluding carboxylic acids is 3. The van der Waals surface area contributed by atoms with Crippen molar-refractivity contribution in [1.82, 2.24) is 4.90 Å². The summed E-state index contributed by atoms with van der Waals surface area (Å²) >= 11 is 10.3. The number of rotatable bonds is 6. The van der Waals surface area contributed by atoms with E-state index in [2.05, 4.69) is 28.1 Å². The molecule has 3 aromatic carbocycles. The van der Waals surface area contributed by atoms with Crippen molar-refractivity contribution in [1.29, 1.82) is 0 Å². The van der Waals surface area contributed by atoms with Crippen molar-refractivity contribution in [2.75, 3.05) is 5.32 Å². The standard InChI is InChI=1S/C24H19ClN6O3S/c25-15-7-8-19(35)17(10-15)21(32)29-18-6-2-5-16-20(18)23(34)31(22(16)33)12-14-4-1-3-13(9-14)11-28-30-24(26)27/h1-11,35H,12H2,(H,29,32)(H4,26,27,30). The van der Waals surface area contributed by atoms with E-state index in [4.69, 9.17) is 23.1 Å². The first-order valence-corrected chi connectivity index (χ1v) is 11.1. The second-order valence-corrected chi connectivity index (χ2v) is 8.47. The second-order valence-electron chi connectivity index (χ2n) is 7.55. The molecule has 1 aliphatic heterocycles. The van der Waals surface area contributed by atoms with Crippen LogP contribution >= 0.6 is 24.2 Å². The zero-order valence-corrected chi connectivity index (χ0v) is 19.8. The fourth-order valence-electron chi connectivity index (χ4n) is 3.58. The Kier molecular flexibility index (Phi) is 6.85. The number of nitrogens with two attached hydrogens (primary N) is 2. The summed E-state index contributed by atoms with van der Waals surface area (Å²) in [6.45, 7) is 0.0266. The first-order valence-electron chi connectivity index (χ1n) is 10.2. The van der Waals surface area contributed by atoms with Crippen LogP contribution in [-0.4, -0.2) is 34.8 Å². The van der Waals surface area contributed by atoms with Gasteiger partial charge in [0.15, 0.2) is 0 Å². The van der Waals surface area contributed by atoms with E-state index in [9.17, 15) is 14.4 Å². The zero-order valence-electron chi connectivity index (χ0n) is 18.1. The molecule has 0 fully saturated rings. The molecule has 0 spiro atoms. The van der Waals surface area contributed by atoms with Crippen LogP contribution in [-0.2, 0) is 6.54 Å². The highest BCUT2D eigenvalue weighted by Gasteiger charge is 2.37. The molecule has 3 amide bonds. The van der Waals surface area contributed by atoms with Crippen LogP contribution in [0.2, 0.25) is 5.02 Å². The van der Waals surface area contributed by atoms with Crippen LogP contribution in [0.4, 0.5) is 5.69 Å². The molecule has 5 N–H and O–H groups in total. The van der Waals surface area contributed by atoms with Crippen molar-refractivity contribution in [3.63, 3.8) is 0 Å².